The molecule has 0 saturated carbocycles. The van der Waals surface area contributed by atoms with E-state index in [2.05, 4.69) is 96.1 Å². The van der Waals surface area contributed by atoms with Crippen LogP contribution in [0.15, 0.2) is 73.5 Å². The second-order valence-corrected chi connectivity index (χ2v) is 8.89. The predicted octanol–water partition coefficient (Wildman–Crippen LogP) is 5.65. The number of aromatic nitrogens is 4. The first-order chi connectivity index (χ1) is 16.0. The Morgan fingerprint density at radius 1 is 1.03 bits per heavy atom. The van der Waals surface area contributed by atoms with Crippen LogP contribution < -0.4 is 4.90 Å². The van der Waals surface area contributed by atoms with Crippen LogP contribution in [0.2, 0.25) is 0 Å². The van der Waals surface area contributed by atoms with Gasteiger partial charge in [0.25, 0.3) is 0 Å². The molecule has 0 amide bonds. The van der Waals surface area contributed by atoms with Gasteiger partial charge in [-0.15, -0.1) is 0 Å². The van der Waals surface area contributed by atoms with Gasteiger partial charge in [0, 0.05) is 62.1 Å². The number of nitrogens with zero attached hydrogens (tertiary/aromatic N) is 5. The first kappa shape index (κ1) is 21.1. The van der Waals surface area contributed by atoms with E-state index in [9.17, 15) is 0 Å². The third kappa shape index (κ3) is 3.84. The Labute approximate surface area is 195 Å². The summed E-state index contributed by atoms with van der Waals surface area (Å²) in [5, 5.41) is 1.18. The zero-order valence-electron chi connectivity index (χ0n) is 19.7. The normalized spacial score (nSPS) is 14.4. The number of aryl methyl sites for hydroxylation is 2. The Morgan fingerprint density at radius 2 is 1.85 bits per heavy atom. The van der Waals surface area contributed by atoms with Gasteiger partial charge in [-0.05, 0) is 60.7 Å². The summed E-state index contributed by atoms with van der Waals surface area (Å²) in [6, 6.07) is 10.9. The lowest BCUT2D eigenvalue weighted by Crippen LogP contribution is -2.14. The quantitative estimate of drug-likeness (QED) is 0.406. The van der Waals surface area contributed by atoms with E-state index in [1.165, 1.54) is 33.3 Å². The van der Waals surface area contributed by atoms with Crippen LogP contribution in [-0.4, -0.2) is 33.6 Å². The molecule has 0 bridgehead atoms. The highest BCUT2D eigenvalue weighted by atomic mass is 15.1. The molecular weight excluding hydrogens is 406 g/mol. The molecule has 5 nitrogen and oxygen atoms in total. The zero-order chi connectivity index (χ0) is 22.9. The first-order valence-electron chi connectivity index (χ1n) is 11.4. The van der Waals surface area contributed by atoms with E-state index < -0.39 is 0 Å². The van der Waals surface area contributed by atoms with Gasteiger partial charge in [-0.25, -0.2) is 4.98 Å². The summed E-state index contributed by atoms with van der Waals surface area (Å²) in [6.45, 7) is 2.13. The van der Waals surface area contributed by atoms with Crippen molar-refractivity contribution < 1.29 is 0 Å². The van der Waals surface area contributed by atoms with Crippen LogP contribution in [0.1, 0.15) is 46.8 Å². The summed E-state index contributed by atoms with van der Waals surface area (Å²) in [5.74, 6) is 0.0569. The number of hydrogen-bond acceptors (Lipinski definition) is 4. The van der Waals surface area contributed by atoms with Crippen molar-refractivity contribution in [1.29, 1.82) is 0 Å². The fourth-order valence-electron chi connectivity index (χ4n) is 4.96. The van der Waals surface area contributed by atoms with Gasteiger partial charge in [0.05, 0.1) is 23.4 Å². The summed E-state index contributed by atoms with van der Waals surface area (Å²) in [6.07, 6.45) is 16.3. The molecule has 4 aromatic rings. The fourth-order valence-corrected chi connectivity index (χ4v) is 4.96. The largest absolute Gasteiger partial charge is 0.377 e. The minimum Gasteiger partial charge on any atom is -0.377 e. The molecule has 0 aliphatic heterocycles. The standard InChI is InChI=1S/C28H29N5/c1-19-26(20-8-6-5-7-9-20)28(32(2)3)23-16-22(10-11-24(23)31-19)27(21-12-14-29-15-13-21)25-17-30-18-33(25)4/h5-6,8,10-18,27H,7,9H2,1-4H3. The Kier molecular flexibility index (Phi) is 5.55. The lowest BCUT2D eigenvalue weighted by atomic mass is 9.87. The molecule has 0 spiro atoms. The first-order valence-corrected chi connectivity index (χ1v) is 11.4. The molecule has 1 atom stereocenters. The van der Waals surface area contributed by atoms with Crippen molar-refractivity contribution >= 4 is 22.2 Å². The number of anilines is 1. The molecule has 0 N–H and O–H groups in total. The van der Waals surface area contributed by atoms with Gasteiger partial charge in [0.1, 0.15) is 0 Å². The number of pyridine rings is 2. The average Bonchev–Trinajstić information content (AvgIpc) is 3.25. The van der Waals surface area contributed by atoms with Gasteiger partial charge in [-0.3, -0.25) is 9.97 Å². The second kappa shape index (κ2) is 8.66. The van der Waals surface area contributed by atoms with Gasteiger partial charge >= 0.3 is 0 Å². The summed E-state index contributed by atoms with van der Waals surface area (Å²) in [4.78, 5) is 15.9. The van der Waals surface area contributed by atoms with Gasteiger partial charge in [0.2, 0.25) is 0 Å². The summed E-state index contributed by atoms with van der Waals surface area (Å²) < 4.78 is 2.10. The predicted molar refractivity (Wildman–Crippen MR) is 136 cm³/mol. The monoisotopic (exact) mass is 435 g/mol. The molecule has 1 aliphatic carbocycles. The molecule has 0 saturated heterocycles. The topological polar surface area (TPSA) is 46.8 Å². The minimum absolute atomic E-state index is 0.0569. The molecular formula is C28H29N5. The zero-order valence-corrected chi connectivity index (χ0v) is 19.7. The van der Waals surface area contributed by atoms with Crippen molar-refractivity contribution in [2.24, 2.45) is 7.05 Å². The highest BCUT2D eigenvalue weighted by molar-refractivity contribution is 5.99. The minimum atomic E-state index is 0.0569. The van der Waals surface area contributed by atoms with Gasteiger partial charge < -0.3 is 9.47 Å². The van der Waals surface area contributed by atoms with E-state index in [-0.39, 0.29) is 5.92 Å². The maximum atomic E-state index is 5.03. The van der Waals surface area contributed by atoms with Crippen LogP contribution >= 0.6 is 0 Å². The fraction of sp³-hybridized carbons (Fsp3) is 0.250. The van der Waals surface area contributed by atoms with Crippen molar-refractivity contribution in [3.63, 3.8) is 0 Å². The van der Waals surface area contributed by atoms with Crippen LogP contribution in [-0.2, 0) is 7.05 Å². The van der Waals surface area contributed by atoms with E-state index in [0.29, 0.717) is 0 Å². The lowest BCUT2D eigenvalue weighted by Gasteiger charge is -2.25. The molecule has 3 aromatic heterocycles. The SMILES string of the molecule is Cc1nc2ccc(C(c3ccncc3)c3cncn3C)cc2c(N(C)C)c1C1=CC=CCC1. The number of hydrogen-bond donors (Lipinski definition) is 0. The summed E-state index contributed by atoms with van der Waals surface area (Å²) in [7, 11) is 6.31. The number of benzene rings is 1. The van der Waals surface area contributed by atoms with Crippen LogP contribution in [0.3, 0.4) is 0 Å². The molecule has 1 unspecified atom stereocenters. The molecule has 3 heterocycles. The van der Waals surface area contributed by atoms with Crippen molar-refractivity contribution in [1.82, 2.24) is 19.5 Å². The Bertz CT molecular complexity index is 1360. The second-order valence-electron chi connectivity index (χ2n) is 8.89. The van der Waals surface area contributed by atoms with E-state index in [1.807, 2.05) is 24.9 Å². The Morgan fingerprint density at radius 3 is 2.52 bits per heavy atom. The van der Waals surface area contributed by atoms with E-state index in [0.717, 1.165) is 29.7 Å². The van der Waals surface area contributed by atoms with E-state index in [4.69, 9.17) is 4.98 Å². The summed E-state index contributed by atoms with van der Waals surface area (Å²) in [5.41, 5.74) is 9.51. The number of rotatable bonds is 5. The molecule has 0 radical (unpaired) electrons. The van der Waals surface area contributed by atoms with E-state index in [1.54, 1.807) is 0 Å². The maximum Gasteiger partial charge on any atom is 0.0945 e. The van der Waals surface area contributed by atoms with Gasteiger partial charge in [0.15, 0.2) is 0 Å². The summed E-state index contributed by atoms with van der Waals surface area (Å²) >= 11 is 0. The smallest absolute Gasteiger partial charge is 0.0945 e. The van der Waals surface area contributed by atoms with Crippen molar-refractivity contribution in [3.8, 4) is 0 Å². The van der Waals surface area contributed by atoms with Crippen molar-refractivity contribution in [3.05, 3.63) is 102 Å². The van der Waals surface area contributed by atoms with Crippen molar-refractivity contribution in [2.45, 2.75) is 25.7 Å². The molecule has 5 heteroatoms. The maximum absolute atomic E-state index is 5.03. The van der Waals surface area contributed by atoms with E-state index >= 15 is 0 Å². The third-order valence-electron chi connectivity index (χ3n) is 6.47. The number of fused-ring (bicyclic) bond motifs is 1. The molecule has 1 aromatic carbocycles. The highest BCUT2D eigenvalue weighted by Crippen LogP contribution is 2.40. The Balaban J connectivity index is 1.77. The Hall–Kier alpha value is -3.73. The van der Waals surface area contributed by atoms with Gasteiger partial charge in [-0.2, -0.15) is 0 Å². The van der Waals surface area contributed by atoms with Crippen LogP contribution in [0.25, 0.3) is 16.5 Å². The molecule has 0 fully saturated rings. The van der Waals surface area contributed by atoms with Crippen LogP contribution in [0.4, 0.5) is 5.69 Å². The molecule has 1 aliphatic rings. The highest BCUT2D eigenvalue weighted by Gasteiger charge is 2.23. The average molecular weight is 436 g/mol. The van der Waals surface area contributed by atoms with Crippen LogP contribution in [0, 0.1) is 6.92 Å². The number of allylic oxidation sites excluding steroid dienone is 4. The molecule has 33 heavy (non-hydrogen) atoms. The molecule has 5 rings (SSSR count). The van der Waals surface area contributed by atoms with Crippen molar-refractivity contribution in [2.75, 3.05) is 19.0 Å². The van der Waals surface area contributed by atoms with Crippen LogP contribution in [0.5, 0.6) is 0 Å². The lowest BCUT2D eigenvalue weighted by molar-refractivity contribution is 0.792. The molecule has 166 valence electrons. The van der Waals surface area contributed by atoms with Gasteiger partial charge in [-0.1, -0.05) is 24.3 Å². The number of imidazole rings is 1. The third-order valence-corrected chi connectivity index (χ3v) is 6.47.